The average molecular weight is 625 g/mol. The largest absolute Gasteiger partial charge is 0.481 e. The minimum atomic E-state index is -0.686. The van der Waals surface area contributed by atoms with Crippen LogP contribution in [0.3, 0.4) is 0 Å². The predicted molar refractivity (Wildman–Crippen MR) is 184 cm³/mol. The maximum absolute atomic E-state index is 14.4. The molecule has 0 heterocycles. The Morgan fingerprint density at radius 1 is 0.689 bits per heavy atom. The van der Waals surface area contributed by atoms with Crippen LogP contribution < -0.4 is 0 Å². The number of ketones is 1. The van der Waals surface area contributed by atoms with Gasteiger partial charge in [-0.15, -0.1) is 0 Å². The van der Waals surface area contributed by atoms with Gasteiger partial charge in [0.1, 0.15) is 5.78 Å². The number of carbonyl (C=O) groups is 2. The zero-order valence-electron chi connectivity index (χ0n) is 30.0. The number of aliphatic carboxylic acids is 1. The first kappa shape index (κ1) is 35.2. The van der Waals surface area contributed by atoms with E-state index in [1.807, 2.05) is 0 Å². The highest BCUT2D eigenvalue weighted by Gasteiger charge is 2.71. The molecule has 5 fully saturated rings. The number of fused-ring (bicyclic) bond motifs is 7. The molecule has 0 aromatic heterocycles. The number of carbonyl (C=O) groups excluding carboxylic acids is 1. The summed E-state index contributed by atoms with van der Waals surface area (Å²) in [6.45, 7) is 19.4. The van der Waals surface area contributed by atoms with Gasteiger partial charge < -0.3 is 10.2 Å². The normalized spacial score (nSPS) is 43.4. The quantitative estimate of drug-likeness (QED) is 0.158. The molecule has 256 valence electrons. The van der Waals surface area contributed by atoms with E-state index in [1.165, 1.54) is 56.9 Å². The number of Topliss-reactive ketones (excluding diaryl/α,β-unsaturated/α-hetero) is 1. The number of rotatable bonds is 13. The Morgan fingerprint density at radius 3 is 1.93 bits per heavy atom. The molecule has 0 bridgehead atoms. The summed E-state index contributed by atoms with van der Waals surface area (Å²) < 4.78 is 0. The molecule has 5 rings (SSSR count). The molecule has 5 saturated carbocycles. The van der Waals surface area contributed by atoms with Crippen molar-refractivity contribution in [3.63, 3.8) is 0 Å². The zero-order valence-corrected chi connectivity index (χ0v) is 30.0. The van der Waals surface area contributed by atoms with E-state index in [1.54, 1.807) is 0 Å². The Kier molecular flexibility index (Phi) is 10.2. The molecule has 45 heavy (non-hydrogen) atoms. The van der Waals surface area contributed by atoms with Gasteiger partial charge in [0.05, 0.1) is 6.10 Å². The van der Waals surface area contributed by atoms with Gasteiger partial charge in [0, 0.05) is 18.3 Å². The lowest BCUT2D eigenvalue weighted by molar-refractivity contribution is -0.246. The van der Waals surface area contributed by atoms with Gasteiger partial charge in [0.25, 0.3) is 0 Å². The van der Waals surface area contributed by atoms with Crippen LogP contribution in [0.25, 0.3) is 0 Å². The molecule has 0 unspecified atom stereocenters. The Balaban J connectivity index is 1.27. The standard InChI is InChI=1S/C41H68O4/c1-28(2)29-20-25-41(34(43)16-14-12-10-8-9-11-13-15-17-35(44)45)27-26-39(6)30(36(29)41)18-19-32-38(5)23-22-33(42)37(3,4)31(38)21-24-40(32,39)7/h29-33,36,42H,1,8-27H2,2-7H3,(H,44,45)/t29-,30+,31-,32+,33-,36+,38-,39+,40+,41+/m0/s1. The van der Waals surface area contributed by atoms with Crippen LogP contribution in [0.5, 0.6) is 0 Å². The SMILES string of the molecule is C=C(C)[C@@H]1CC[C@]2(C(=O)CCCCCCCCCCC(=O)O)CC[C@]3(C)[C@H](CC[C@@H]4[C@@]5(C)CC[C@H](O)C(C)(C)[C@@H]5CC[C@]43C)[C@@H]12. The minimum Gasteiger partial charge on any atom is -0.481 e. The summed E-state index contributed by atoms with van der Waals surface area (Å²) in [6, 6.07) is 0. The topological polar surface area (TPSA) is 74.6 Å². The van der Waals surface area contributed by atoms with E-state index in [0.717, 1.165) is 70.6 Å². The number of allylic oxidation sites excluding steroid dienone is 1. The lowest BCUT2D eigenvalue weighted by atomic mass is 9.32. The number of hydrogen-bond acceptors (Lipinski definition) is 3. The average Bonchev–Trinajstić information content (AvgIpc) is 3.38. The van der Waals surface area contributed by atoms with E-state index < -0.39 is 5.97 Å². The van der Waals surface area contributed by atoms with Gasteiger partial charge in [-0.3, -0.25) is 9.59 Å². The summed E-state index contributed by atoms with van der Waals surface area (Å²) in [7, 11) is 0. The molecule has 0 radical (unpaired) electrons. The maximum Gasteiger partial charge on any atom is 0.303 e. The summed E-state index contributed by atoms with van der Waals surface area (Å²) in [5, 5.41) is 19.9. The second-order valence-electron chi connectivity index (χ2n) is 18.4. The lowest BCUT2D eigenvalue weighted by Crippen LogP contribution is -2.67. The summed E-state index contributed by atoms with van der Waals surface area (Å²) in [4.78, 5) is 25.1. The molecule has 4 nitrogen and oxygen atoms in total. The van der Waals surface area contributed by atoms with E-state index in [-0.39, 0.29) is 33.2 Å². The Labute approximate surface area is 276 Å². The minimum absolute atomic E-state index is 0.0152. The lowest BCUT2D eigenvalue weighted by Gasteiger charge is -2.73. The fraction of sp³-hybridized carbons (Fsp3) is 0.902. The highest BCUT2D eigenvalue weighted by Crippen LogP contribution is 2.77. The van der Waals surface area contributed by atoms with Crippen LogP contribution in [0, 0.1) is 56.7 Å². The molecule has 0 amide bonds. The molecule has 0 aromatic rings. The number of aliphatic hydroxyl groups is 1. The van der Waals surface area contributed by atoms with Gasteiger partial charge in [0.15, 0.2) is 0 Å². The fourth-order valence-electron chi connectivity index (χ4n) is 13.5. The summed E-state index contributed by atoms with van der Waals surface area (Å²) in [5.41, 5.74) is 1.98. The van der Waals surface area contributed by atoms with Crippen molar-refractivity contribution in [3.8, 4) is 0 Å². The van der Waals surface area contributed by atoms with E-state index in [0.29, 0.717) is 41.8 Å². The molecule has 10 atom stereocenters. The molecule has 0 saturated heterocycles. The number of hydrogen-bond donors (Lipinski definition) is 2. The van der Waals surface area contributed by atoms with Crippen molar-refractivity contribution in [1.29, 1.82) is 0 Å². The molecule has 5 aliphatic rings. The highest BCUT2D eigenvalue weighted by molar-refractivity contribution is 5.86. The number of unbranched alkanes of at least 4 members (excludes halogenated alkanes) is 7. The van der Waals surface area contributed by atoms with Gasteiger partial charge in [-0.05, 0) is 135 Å². The smallest absolute Gasteiger partial charge is 0.303 e. The van der Waals surface area contributed by atoms with Gasteiger partial charge in [0.2, 0.25) is 0 Å². The predicted octanol–water partition coefficient (Wildman–Crippen LogP) is 10.6. The number of carboxylic acid groups (broad SMARTS) is 1. The van der Waals surface area contributed by atoms with Gasteiger partial charge in [-0.25, -0.2) is 0 Å². The van der Waals surface area contributed by atoms with Crippen LogP contribution in [0.15, 0.2) is 12.2 Å². The zero-order chi connectivity index (χ0) is 32.8. The Bertz CT molecular complexity index is 1110. The van der Waals surface area contributed by atoms with Crippen LogP contribution >= 0.6 is 0 Å². The van der Waals surface area contributed by atoms with E-state index >= 15 is 0 Å². The first-order valence-corrected chi connectivity index (χ1v) is 19.2. The Hall–Kier alpha value is -1.16. The second kappa shape index (κ2) is 13.0. The van der Waals surface area contributed by atoms with Crippen LogP contribution in [0.2, 0.25) is 0 Å². The molecular formula is C41H68O4. The van der Waals surface area contributed by atoms with Crippen LogP contribution in [0.4, 0.5) is 0 Å². The van der Waals surface area contributed by atoms with Gasteiger partial charge in [-0.1, -0.05) is 85.3 Å². The van der Waals surface area contributed by atoms with Crippen molar-refractivity contribution in [2.75, 3.05) is 0 Å². The van der Waals surface area contributed by atoms with E-state index in [9.17, 15) is 14.7 Å². The molecule has 5 aliphatic carbocycles. The molecule has 4 heteroatoms. The third kappa shape index (κ3) is 5.82. The Morgan fingerprint density at radius 2 is 1.31 bits per heavy atom. The van der Waals surface area contributed by atoms with Crippen molar-refractivity contribution in [1.82, 2.24) is 0 Å². The molecule has 0 aromatic carbocycles. The number of carboxylic acids is 1. The van der Waals surface area contributed by atoms with Crippen molar-refractivity contribution in [2.24, 2.45) is 56.7 Å². The van der Waals surface area contributed by atoms with Gasteiger partial charge >= 0.3 is 5.97 Å². The fourth-order valence-corrected chi connectivity index (χ4v) is 13.5. The summed E-state index contributed by atoms with van der Waals surface area (Å²) in [6.07, 6.45) is 21.2. The van der Waals surface area contributed by atoms with Crippen molar-refractivity contribution >= 4 is 11.8 Å². The first-order chi connectivity index (χ1) is 21.1. The summed E-state index contributed by atoms with van der Waals surface area (Å²) >= 11 is 0. The molecular weight excluding hydrogens is 556 g/mol. The monoisotopic (exact) mass is 625 g/mol. The first-order valence-electron chi connectivity index (χ1n) is 19.2. The van der Waals surface area contributed by atoms with Crippen LogP contribution in [-0.2, 0) is 9.59 Å². The van der Waals surface area contributed by atoms with E-state index in [4.69, 9.17) is 5.11 Å². The van der Waals surface area contributed by atoms with Crippen molar-refractivity contribution < 1.29 is 19.8 Å². The van der Waals surface area contributed by atoms with Crippen LogP contribution in [-0.4, -0.2) is 28.1 Å². The van der Waals surface area contributed by atoms with Crippen LogP contribution in [0.1, 0.15) is 170 Å². The number of aliphatic hydroxyl groups excluding tert-OH is 1. The molecule has 0 aliphatic heterocycles. The second-order valence-corrected chi connectivity index (χ2v) is 18.4. The summed E-state index contributed by atoms with van der Waals surface area (Å²) in [5.74, 6) is 2.72. The third-order valence-corrected chi connectivity index (χ3v) is 16.1. The highest BCUT2D eigenvalue weighted by atomic mass is 16.4. The maximum atomic E-state index is 14.4. The third-order valence-electron chi connectivity index (χ3n) is 16.1. The van der Waals surface area contributed by atoms with E-state index in [2.05, 4.69) is 48.1 Å². The van der Waals surface area contributed by atoms with Crippen molar-refractivity contribution in [2.45, 2.75) is 176 Å². The molecule has 0 spiro atoms. The van der Waals surface area contributed by atoms with Crippen molar-refractivity contribution in [3.05, 3.63) is 12.2 Å². The van der Waals surface area contributed by atoms with Gasteiger partial charge in [-0.2, -0.15) is 0 Å². The molecule has 2 N–H and O–H groups in total.